The summed E-state index contributed by atoms with van der Waals surface area (Å²) in [5.41, 5.74) is 0.669. The number of nitrogens with one attached hydrogen (secondary N) is 1. The first-order valence-corrected chi connectivity index (χ1v) is 6.18. The van der Waals surface area contributed by atoms with E-state index < -0.39 is 11.5 Å². The van der Waals surface area contributed by atoms with E-state index in [0.29, 0.717) is 17.1 Å². The van der Waals surface area contributed by atoms with E-state index in [1.807, 2.05) is 19.1 Å². The average molecular weight is 272 g/mol. The zero-order valence-corrected chi connectivity index (χ0v) is 10.7. The maximum absolute atomic E-state index is 11.7. The number of fused-ring (bicyclic) bond motifs is 1. The first-order chi connectivity index (χ1) is 9.56. The van der Waals surface area contributed by atoms with Crippen LogP contribution in [0.3, 0.4) is 0 Å². The van der Waals surface area contributed by atoms with Gasteiger partial charge in [0.1, 0.15) is 23.2 Å². The summed E-state index contributed by atoms with van der Waals surface area (Å²) in [4.78, 5) is 29.0. The number of nitrogens with zero attached hydrogens (tertiary/aromatic N) is 1. The van der Waals surface area contributed by atoms with Gasteiger partial charge in [0.15, 0.2) is 0 Å². The maximum Gasteiger partial charge on any atom is 0.342 e. The lowest BCUT2D eigenvalue weighted by molar-refractivity contribution is 0.0694. The quantitative estimate of drug-likeness (QED) is 0.863. The number of benzene rings is 1. The molecule has 0 radical (unpaired) electrons. The third-order valence-electron chi connectivity index (χ3n) is 3.21. The predicted octanol–water partition coefficient (Wildman–Crippen LogP) is 1.46. The van der Waals surface area contributed by atoms with Crippen molar-refractivity contribution >= 4 is 5.97 Å². The van der Waals surface area contributed by atoms with Crippen molar-refractivity contribution in [2.24, 2.45) is 0 Å². The SMILES string of the molecule is CC1Cc2cccc(-c3ncc(C(=O)O)c(=O)[nH]3)c2O1. The van der Waals surface area contributed by atoms with E-state index in [2.05, 4.69) is 9.97 Å². The van der Waals surface area contributed by atoms with Crippen LogP contribution in [0.25, 0.3) is 11.4 Å². The summed E-state index contributed by atoms with van der Waals surface area (Å²) in [5.74, 6) is -0.286. The number of carbonyl (C=O) groups is 1. The Hall–Kier alpha value is -2.63. The van der Waals surface area contributed by atoms with Gasteiger partial charge in [-0.3, -0.25) is 4.79 Å². The number of para-hydroxylation sites is 1. The van der Waals surface area contributed by atoms with Gasteiger partial charge in [-0.1, -0.05) is 12.1 Å². The molecule has 1 unspecified atom stereocenters. The fraction of sp³-hybridized carbons (Fsp3) is 0.214. The number of aromatic carboxylic acids is 1. The van der Waals surface area contributed by atoms with E-state index in [0.717, 1.165) is 18.2 Å². The smallest absolute Gasteiger partial charge is 0.342 e. The molecule has 2 heterocycles. The van der Waals surface area contributed by atoms with Crippen LogP contribution in [0.2, 0.25) is 0 Å². The van der Waals surface area contributed by atoms with Crippen LogP contribution in [0.4, 0.5) is 0 Å². The highest BCUT2D eigenvalue weighted by molar-refractivity contribution is 5.87. The number of carboxylic acids is 1. The third-order valence-corrected chi connectivity index (χ3v) is 3.21. The van der Waals surface area contributed by atoms with Crippen molar-refractivity contribution in [3.8, 4) is 17.1 Å². The van der Waals surface area contributed by atoms with Crippen molar-refractivity contribution in [2.45, 2.75) is 19.4 Å². The van der Waals surface area contributed by atoms with E-state index in [9.17, 15) is 9.59 Å². The van der Waals surface area contributed by atoms with Gasteiger partial charge < -0.3 is 14.8 Å². The summed E-state index contributed by atoms with van der Waals surface area (Å²) >= 11 is 0. The van der Waals surface area contributed by atoms with Gasteiger partial charge in [-0.15, -0.1) is 0 Å². The van der Waals surface area contributed by atoms with Crippen molar-refractivity contribution in [1.29, 1.82) is 0 Å². The first kappa shape index (κ1) is 12.4. The Balaban J connectivity index is 2.12. The highest BCUT2D eigenvalue weighted by atomic mass is 16.5. The molecular weight excluding hydrogens is 260 g/mol. The van der Waals surface area contributed by atoms with Gasteiger partial charge >= 0.3 is 5.97 Å². The molecule has 0 spiro atoms. The number of ether oxygens (including phenoxy) is 1. The molecule has 0 saturated heterocycles. The minimum atomic E-state index is -1.30. The van der Waals surface area contributed by atoms with Crippen molar-refractivity contribution in [3.05, 3.63) is 45.9 Å². The molecule has 0 aliphatic carbocycles. The van der Waals surface area contributed by atoms with Crippen LogP contribution >= 0.6 is 0 Å². The van der Waals surface area contributed by atoms with E-state index >= 15 is 0 Å². The molecule has 1 aliphatic rings. The molecule has 0 saturated carbocycles. The number of hydrogen-bond acceptors (Lipinski definition) is 4. The second kappa shape index (κ2) is 4.48. The van der Waals surface area contributed by atoms with Crippen LogP contribution < -0.4 is 10.3 Å². The lowest BCUT2D eigenvalue weighted by atomic mass is 10.1. The van der Waals surface area contributed by atoms with Gasteiger partial charge in [-0.2, -0.15) is 0 Å². The number of carboxylic acid groups (broad SMARTS) is 1. The number of aromatic nitrogens is 2. The normalized spacial score (nSPS) is 16.6. The molecule has 0 bridgehead atoms. The molecule has 20 heavy (non-hydrogen) atoms. The van der Waals surface area contributed by atoms with E-state index in [1.54, 1.807) is 6.07 Å². The van der Waals surface area contributed by atoms with Gasteiger partial charge in [-0.25, -0.2) is 9.78 Å². The number of aromatic amines is 1. The van der Waals surface area contributed by atoms with Crippen LogP contribution in [-0.2, 0) is 6.42 Å². The zero-order valence-electron chi connectivity index (χ0n) is 10.7. The minimum Gasteiger partial charge on any atom is -0.489 e. The Kier molecular flexibility index (Phi) is 2.78. The van der Waals surface area contributed by atoms with Crippen LogP contribution in [0, 0.1) is 0 Å². The largest absolute Gasteiger partial charge is 0.489 e. The fourth-order valence-electron chi connectivity index (χ4n) is 2.31. The molecule has 0 amide bonds. The van der Waals surface area contributed by atoms with Gasteiger partial charge in [-0.05, 0) is 18.6 Å². The summed E-state index contributed by atoms with van der Waals surface area (Å²) < 4.78 is 5.73. The summed E-state index contributed by atoms with van der Waals surface area (Å²) in [6.07, 6.45) is 1.95. The molecule has 1 atom stereocenters. The van der Waals surface area contributed by atoms with Gasteiger partial charge in [0.25, 0.3) is 5.56 Å². The van der Waals surface area contributed by atoms with Gasteiger partial charge in [0.2, 0.25) is 0 Å². The highest BCUT2D eigenvalue weighted by Gasteiger charge is 2.23. The van der Waals surface area contributed by atoms with Crippen molar-refractivity contribution in [2.75, 3.05) is 0 Å². The standard InChI is InChI=1S/C14H12N2O4/c1-7-5-8-3-2-4-9(11(8)20-7)12-15-6-10(14(18)19)13(17)16-12/h2-4,6-7H,5H2,1H3,(H,18,19)(H,15,16,17). The molecule has 0 fully saturated rings. The van der Waals surface area contributed by atoms with Crippen molar-refractivity contribution < 1.29 is 14.6 Å². The first-order valence-electron chi connectivity index (χ1n) is 6.18. The summed E-state index contributed by atoms with van der Waals surface area (Å²) in [7, 11) is 0. The van der Waals surface area contributed by atoms with E-state index in [1.165, 1.54) is 0 Å². The molecule has 1 aliphatic heterocycles. The fourth-order valence-corrected chi connectivity index (χ4v) is 2.31. The Labute approximate surface area is 114 Å². The molecule has 102 valence electrons. The van der Waals surface area contributed by atoms with Gasteiger partial charge in [0, 0.05) is 12.6 Å². The summed E-state index contributed by atoms with van der Waals surface area (Å²) in [6.45, 7) is 1.97. The average Bonchev–Trinajstić information content (AvgIpc) is 2.77. The van der Waals surface area contributed by atoms with Crippen molar-refractivity contribution in [1.82, 2.24) is 9.97 Å². The lowest BCUT2D eigenvalue weighted by Gasteiger charge is -2.08. The Morgan fingerprint density at radius 1 is 1.50 bits per heavy atom. The van der Waals surface area contributed by atoms with E-state index in [4.69, 9.17) is 9.84 Å². The summed E-state index contributed by atoms with van der Waals surface area (Å²) in [5, 5.41) is 8.83. The lowest BCUT2D eigenvalue weighted by Crippen LogP contribution is -2.18. The van der Waals surface area contributed by atoms with Crippen LogP contribution in [-0.4, -0.2) is 27.1 Å². The number of rotatable bonds is 2. The minimum absolute atomic E-state index is 0.0798. The van der Waals surface area contributed by atoms with Crippen LogP contribution in [0.5, 0.6) is 5.75 Å². The van der Waals surface area contributed by atoms with Crippen LogP contribution in [0.1, 0.15) is 22.8 Å². The molecule has 2 aromatic rings. The van der Waals surface area contributed by atoms with Gasteiger partial charge in [0.05, 0.1) is 5.56 Å². The molecule has 2 N–H and O–H groups in total. The predicted molar refractivity (Wildman–Crippen MR) is 71.0 cm³/mol. The number of hydrogen-bond donors (Lipinski definition) is 2. The molecule has 1 aromatic heterocycles. The highest BCUT2D eigenvalue weighted by Crippen LogP contribution is 2.36. The van der Waals surface area contributed by atoms with E-state index in [-0.39, 0.29) is 11.7 Å². The molecule has 1 aromatic carbocycles. The zero-order chi connectivity index (χ0) is 14.3. The second-order valence-electron chi connectivity index (χ2n) is 4.71. The maximum atomic E-state index is 11.7. The molecule has 3 rings (SSSR count). The summed E-state index contributed by atoms with van der Waals surface area (Å²) in [6, 6.07) is 5.61. The molecule has 6 heteroatoms. The topological polar surface area (TPSA) is 92.3 Å². The number of H-pyrrole nitrogens is 1. The molecule has 6 nitrogen and oxygen atoms in total. The van der Waals surface area contributed by atoms with Crippen molar-refractivity contribution in [3.63, 3.8) is 0 Å². The Morgan fingerprint density at radius 2 is 2.30 bits per heavy atom. The monoisotopic (exact) mass is 272 g/mol. The Bertz CT molecular complexity index is 751. The van der Waals surface area contributed by atoms with Crippen LogP contribution in [0.15, 0.2) is 29.2 Å². The molecular formula is C14H12N2O4. The third kappa shape index (κ3) is 1.95. The Morgan fingerprint density at radius 3 is 3.00 bits per heavy atom. The second-order valence-corrected chi connectivity index (χ2v) is 4.71.